The van der Waals surface area contributed by atoms with Crippen molar-refractivity contribution in [2.24, 2.45) is 0 Å². The zero-order valence-electron chi connectivity index (χ0n) is 9.22. The van der Waals surface area contributed by atoms with E-state index < -0.39 is 0 Å². The highest BCUT2D eigenvalue weighted by Gasteiger charge is 2.06. The summed E-state index contributed by atoms with van der Waals surface area (Å²) in [5.41, 5.74) is 4.20. The van der Waals surface area contributed by atoms with E-state index in [1.54, 1.807) is 0 Å². The molecule has 82 valence electrons. The van der Waals surface area contributed by atoms with Crippen LogP contribution in [0.25, 0.3) is 22.5 Å². The average Bonchev–Trinajstić information content (AvgIpc) is 2.90. The zero-order valence-corrected chi connectivity index (χ0v) is 9.22. The van der Waals surface area contributed by atoms with Crippen LogP contribution < -0.4 is 4.98 Å². The van der Waals surface area contributed by atoms with Gasteiger partial charge in [-0.15, -0.1) is 0 Å². The Morgan fingerprint density at radius 3 is 2.53 bits per heavy atom. The summed E-state index contributed by atoms with van der Waals surface area (Å²) in [7, 11) is 0. The molecule has 0 saturated carbocycles. The minimum Gasteiger partial charge on any atom is -0.277 e. The van der Waals surface area contributed by atoms with E-state index in [-0.39, 0.29) is 0 Å². The molecule has 0 fully saturated rings. The zero-order chi connectivity index (χ0) is 11.5. The van der Waals surface area contributed by atoms with Gasteiger partial charge in [0, 0.05) is 6.07 Å². The molecule has 2 N–H and O–H groups in total. The Morgan fingerprint density at radius 1 is 0.941 bits per heavy atom. The highest BCUT2D eigenvalue weighted by molar-refractivity contribution is 5.67. The van der Waals surface area contributed by atoms with Gasteiger partial charge >= 0.3 is 0 Å². The topological polar surface area (TPSA) is 42.8 Å². The molecule has 2 heterocycles. The van der Waals surface area contributed by atoms with E-state index >= 15 is 0 Å². The number of aromatic amines is 2. The number of hydrogen-bond donors (Lipinski definition) is 1. The molecule has 0 spiro atoms. The van der Waals surface area contributed by atoms with E-state index in [1.165, 1.54) is 0 Å². The SMILES string of the molecule is c1ccc(-c2cc(-c3ccc[nH+]c3)n[nH]2)cc1. The first-order valence-corrected chi connectivity index (χ1v) is 5.51. The number of hydrogen-bond acceptors (Lipinski definition) is 1. The van der Waals surface area contributed by atoms with Gasteiger partial charge < -0.3 is 0 Å². The van der Waals surface area contributed by atoms with Gasteiger partial charge in [0.15, 0.2) is 12.4 Å². The summed E-state index contributed by atoms with van der Waals surface area (Å²) in [5.74, 6) is 0. The van der Waals surface area contributed by atoms with Gasteiger partial charge in [-0.2, -0.15) is 5.10 Å². The third kappa shape index (κ3) is 1.95. The van der Waals surface area contributed by atoms with Crippen LogP contribution in [0.5, 0.6) is 0 Å². The maximum atomic E-state index is 4.32. The predicted octanol–water partition coefficient (Wildman–Crippen LogP) is 2.56. The normalized spacial score (nSPS) is 10.4. The number of H-pyrrole nitrogens is 2. The second-order valence-electron chi connectivity index (χ2n) is 3.83. The fourth-order valence-corrected chi connectivity index (χ4v) is 1.79. The van der Waals surface area contributed by atoms with Gasteiger partial charge in [0.1, 0.15) is 0 Å². The summed E-state index contributed by atoms with van der Waals surface area (Å²) < 4.78 is 0. The van der Waals surface area contributed by atoms with Gasteiger partial charge in [0.25, 0.3) is 0 Å². The smallest absolute Gasteiger partial charge is 0.176 e. The van der Waals surface area contributed by atoms with E-state index in [4.69, 9.17) is 0 Å². The lowest BCUT2D eigenvalue weighted by Gasteiger charge is -1.93. The minimum absolute atomic E-state index is 0.945. The van der Waals surface area contributed by atoms with Crippen LogP contribution in [-0.4, -0.2) is 10.2 Å². The summed E-state index contributed by atoms with van der Waals surface area (Å²) in [6.45, 7) is 0. The molecule has 0 radical (unpaired) electrons. The van der Waals surface area contributed by atoms with Crippen LogP contribution >= 0.6 is 0 Å². The maximum Gasteiger partial charge on any atom is 0.176 e. The molecule has 3 aromatic rings. The number of nitrogens with one attached hydrogen (secondary N) is 2. The summed E-state index contributed by atoms with van der Waals surface area (Å²) in [4.78, 5) is 3.05. The van der Waals surface area contributed by atoms with Crippen LogP contribution in [0.3, 0.4) is 0 Å². The second-order valence-corrected chi connectivity index (χ2v) is 3.83. The fraction of sp³-hybridized carbons (Fsp3) is 0. The molecule has 3 heteroatoms. The summed E-state index contributed by atoms with van der Waals surface area (Å²) >= 11 is 0. The van der Waals surface area contributed by atoms with Crippen molar-refractivity contribution in [2.75, 3.05) is 0 Å². The molecule has 1 aromatic carbocycles. The Hall–Kier alpha value is -2.42. The van der Waals surface area contributed by atoms with E-state index in [0.717, 1.165) is 22.5 Å². The lowest BCUT2D eigenvalue weighted by molar-refractivity contribution is -0.377. The van der Waals surface area contributed by atoms with E-state index in [0.29, 0.717) is 0 Å². The summed E-state index contributed by atoms with van der Waals surface area (Å²) in [6.07, 6.45) is 3.82. The van der Waals surface area contributed by atoms with Gasteiger partial charge in [-0.05, 0) is 17.7 Å². The van der Waals surface area contributed by atoms with Crippen molar-refractivity contribution in [1.29, 1.82) is 0 Å². The molecular weight excluding hydrogens is 210 g/mol. The van der Waals surface area contributed by atoms with Gasteiger partial charge in [0.2, 0.25) is 0 Å². The molecule has 0 atom stereocenters. The highest BCUT2D eigenvalue weighted by Crippen LogP contribution is 2.22. The van der Waals surface area contributed by atoms with Crippen LogP contribution in [0.1, 0.15) is 0 Å². The minimum atomic E-state index is 0.945. The Morgan fingerprint density at radius 2 is 1.76 bits per heavy atom. The average molecular weight is 222 g/mol. The molecule has 0 aliphatic carbocycles. The van der Waals surface area contributed by atoms with Crippen molar-refractivity contribution in [1.82, 2.24) is 10.2 Å². The molecule has 0 aliphatic rings. The number of nitrogens with zero attached hydrogens (tertiary/aromatic N) is 1. The first-order chi connectivity index (χ1) is 8.43. The van der Waals surface area contributed by atoms with Crippen LogP contribution in [0.15, 0.2) is 60.9 Å². The maximum absolute atomic E-state index is 4.32. The van der Waals surface area contributed by atoms with E-state index in [9.17, 15) is 0 Å². The lowest BCUT2D eigenvalue weighted by atomic mass is 10.1. The van der Waals surface area contributed by atoms with Gasteiger partial charge in [0.05, 0.1) is 17.0 Å². The van der Waals surface area contributed by atoms with Gasteiger partial charge in [-0.25, -0.2) is 4.98 Å². The molecule has 0 aliphatic heterocycles. The molecule has 0 bridgehead atoms. The molecule has 17 heavy (non-hydrogen) atoms. The standard InChI is InChI=1S/C14H11N3/c1-2-5-11(6-3-1)13-9-14(17-16-13)12-7-4-8-15-10-12/h1-10H,(H,16,17)/p+1. The van der Waals surface area contributed by atoms with Crippen molar-refractivity contribution in [3.63, 3.8) is 0 Å². The number of benzene rings is 1. The van der Waals surface area contributed by atoms with Crippen molar-refractivity contribution in [3.05, 3.63) is 60.9 Å². The number of rotatable bonds is 2. The Balaban J connectivity index is 1.99. The molecular formula is C14H12N3+. The van der Waals surface area contributed by atoms with Gasteiger partial charge in [-0.3, -0.25) is 5.10 Å². The molecule has 0 unspecified atom stereocenters. The quantitative estimate of drug-likeness (QED) is 0.711. The molecule has 0 saturated heterocycles. The Kier molecular flexibility index (Phi) is 2.43. The number of pyridine rings is 1. The summed E-state index contributed by atoms with van der Waals surface area (Å²) in [5, 5.41) is 7.37. The van der Waals surface area contributed by atoms with Crippen molar-refractivity contribution in [2.45, 2.75) is 0 Å². The third-order valence-corrected chi connectivity index (χ3v) is 2.67. The Labute approximate surface area is 99.2 Å². The van der Waals surface area contributed by atoms with Crippen LogP contribution in [0.4, 0.5) is 0 Å². The third-order valence-electron chi connectivity index (χ3n) is 2.67. The first-order valence-electron chi connectivity index (χ1n) is 5.51. The summed E-state index contributed by atoms with van der Waals surface area (Å²) in [6, 6.07) is 16.2. The van der Waals surface area contributed by atoms with Crippen molar-refractivity contribution < 1.29 is 4.98 Å². The highest BCUT2D eigenvalue weighted by atomic mass is 15.1. The van der Waals surface area contributed by atoms with Gasteiger partial charge in [-0.1, -0.05) is 30.3 Å². The predicted molar refractivity (Wildman–Crippen MR) is 66.0 cm³/mol. The van der Waals surface area contributed by atoms with E-state index in [2.05, 4.69) is 33.4 Å². The lowest BCUT2D eigenvalue weighted by Crippen LogP contribution is -1.98. The monoisotopic (exact) mass is 222 g/mol. The van der Waals surface area contributed by atoms with Crippen molar-refractivity contribution in [3.8, 4) is 22.5 Å². The Bertz CT molecular complexity index is 546. The molecule has 2 aromatic heterocycles. The largest absolute Gasteiger partial charge is 0.277 e. The van der Waals surface area contributed by atoms with Crippen LogP contribution in [-0.2, 0) is 0 Å². The van der Waals surface area contributed by atoms with Crippen LogP contribution in [0.2, 0.25) is 0 Å². The van der Waals surface area contributed by atoms with Crippen LogP contribution in [0, 0.1) is 0 Å². The second kappa shape index (κ2) is 4.22. The van der Waals surface area contributed by atoms with Crippen molar-refractivity contribution >= 4 is 0 Å². The molecule has 3 rings (SSSR count). The first kappa shape index (κ1) is 9.78. The number of aromatic nitrogens is 3. The fourth-order valence-electron chi connectivity index (χ4n) is 1.79. The van der Waals surface area contributed by atoms with E-state index in [1.807, 2.05) is 42.7 Å². The molecule has 3 nitrogen and oxygen atoms in total. The molecule has 0 amide bonds.